The molecule has 3 nitrogen and oxygen atoms in total. The molecule has 0 saturated heterocycles. The van der Waals surface area contributed by atoms with Gasteiger partial charge in [-0.3, -0.25) is 0 Å². The van der Waals surface area contributed by atoms with E-state index in [0.717, 1.165) is 18.0 Å². The van der Waals surface area contributed by atoms with Crippen LogP contribution in [0.15, 0.2) is 18.2 Å². The van der Waals surface area contributed by atoms with E-state index in [2.05, 4.69) is 16.4 Å². The maximum atomic E-state index is 5.11. The number of ether oxygens (including phenoxy) is 1. The third kappa shape index (κ3) is 2.69. The Labute approximate surface area is 90.9 Å². The summed E-state index contributed by atoms with van der Waals surface area (Å²) in [5.74, 6) is 1.56. The first-order valence-electron chi connectivity index (χ1n) is 5.50. The lowest BCUT2D eigenvalue weighted by molar-refractivity contribution is 0.394. The molecule has 1 aliphatic carbocycles. The number of hydrogen-bond donors (Lipinski definition) is 1. The highest BCUT2D eigenvalue weighted by Crippen LogP contribution is 2.33. The molecular weight excluding hydrogens is 188 g/mol. The summed E-state index contributed by atoms with van der Waals surface area (Å²) in [6.07, 6.45) is 3.71. The molecule has 1 atom stereocenters. The molecule has 0 amide bonds. The second-order valence-electron chi connectivity index (χ2n) is 4.11. The first-order valence-corrected chi connectivity index (χ1v) is 5.50. The van der Waals surface area contributed by atoms with Crippen LogP contribution in [-0.2, 0) is 6.42 Å². The van der Waals surface area contributed by atoms with Crippen LogP contribution in [0.1, 0.15) is 18.5 Å². The molecule has 0 aromatic carbocycles. The Morgan fingerprint density at radius 3 is 2.93 bits per heavy atom. The Hall–Kier alpha value is -1.09. The summed E-state index contributed by atoms with van der Waals surface area (Å²) in [4.78, 5) is 4.43. The van der Waals surface area contributed by atoms with Crippen molar-refractivity contribution in [2.75, 3.05) is 14.2 Å². The van der Waals surface area contributed by atoms with Gasteiger partial charge in [0.25, 0.3) is 0 Å². The highest BCUT2D eigenvalue weighted by atomic mass is 16.5. The molecule has 15 heavy (non-hydrogen) atoms. The molecule has 1 N–H and O–H groups in total. The number of nitrogens with zero attached hydrogens (tertiary/aromatic N) is 1. The second-order valence-corrected chi connectivity index (χ2v) is 4.11. The Kier molecular flexibility index (Phi) is 3.21. The van der Waals surface area contributed by atoms with Crippen LogP contribution in [0.2, 0.25) is 0 Å². The summed E-state index contributed by atoms with van der Waals surface area (Å²) >= 11 is 0. The molecule has 1 saturated carbocycles. The van der Waals surface area contributed by atoms with Crippen molar-refractivity contribution in [2.24, 2.45) is 5.92 Å². The summed E-state index contributed by atoms with van der Waals surface area (Å²) in [6.45, 7) is 0. The molecular formula is C12H18N2O. The van der Waals surface area contributed by atoms with Gasteiger partial charge in [-0.25, -0.2) is 4.98 Å². The molecule has 1 fully saturated rings. The SMILES string of the molecule is CNC(Cc1cccc(OC)n1)C1CC1. The van der Waals surface area contributed by atoms with Gasteiger partial charge in [0.1, 0.15) is 0 Å². The van der Waals surface area contributed by atoms with E-state index in [0.29, 0.717) is 11.9 Å². The highest BCUT2D eigenvalue weighted by Gasteiger charge is 2.30. The second kappa shape index (κ2) is 4.62. The third-order valence-corrected chi connectivity index (χ3v) is 2.98. The Morgan fingerprint density at radius 2 is 2.33 bits per heavy atom. The topological polar surface area (TPSA) is 34.1 Å². The average Bonchev–Trinajstić information content (AvgIpc) is 3.10. The zero-order valence-corrected chi connectivity index (χ0v) is 9.36. The van der Waals surface area contributed by atoms with Gasteiger partial charge in [-0.15, -0.1) is 0 Å². The monoisotopic (exact) mass is 206 g/mol. The third-order valence-electron chi connectivity index (χ3n) is 2.98. The van der Waals surface area contributed by atoms with Gasteiger partial charge in [0.15, 0.2) is 0 Å². The van der Waals surface area contributed by atoms with Crippen molar-refractivity contribution in [2.45, 2.75) is 25.3 Å². The number of methoxy groups -OCH3 is 1. The van der Waals surface area contributed by atoms with E-state index >= 15 is 0 Å². The standard InChI is InChI=1S/C12H18N2O/c1-13-11(9-6-7-9)8-10-4-3-5-12(14-10)15-2/h3-5,9,11,13H,6-8H2,1-2H3. The van der Waals surface area contributed by atoms with E-state index in [-0.39, 0.29) is 0 Å². The molecule has 0 bridgehead atoms. The number of hydrogen-bond acceptors (Lipinski definition) is 3. The molecule has 2 rings (SSSR count). The van der Waals surface area contributed by atoms with E-state index in [1.165, 1.54) is 12.8 Å². The van der Waals surface area contributed by atoms with E-state index in [9.17, 15) is 0 Å². The molecule has 3 heteroatoms. The number of pyridine rings is 1. The van der Waals surface area contributed by atoms with Crippen LogP contribution in [0.25, 0.3) is 0 Å². The maximum absolute atomic E-state index is 5.11. The van der Waals surface area contributed by atoms with Crippen LogP contribution in [0.5, 0.6) is 5.88 Å². The van der Waals surface area contributed by atoms with Gasteiger partial charge in [-0.2, -0.15) is 0 Å². The molecule has 0 aliphatic heterocycles. The van der Waals surface area contributed by atoms with Crippen LogP contribution in [-0.4, -0.2) is 25.2 Å². The fourth-order valence-corrected chi connectivity index (χ4v) is 1.91. The zero-order valence-electron chi connectivity index (χ0n) is 9.36. The molecule has 1 unspecified atom stereocenters. The number of likely N-dealkylation sites (N-methyl/N-ethyl adjacent to an activating group) is 1. The zero-order chi connectivity index (χ0) is 10.7. The van der Waals surface area contributed by atoms with Crippen LogP contribution in [0.3, 0.4) is 0 Å². The largest absolute Gasteiger partial charge is 0.481 e. The van der Waals surface area contributed by atoms with Gasteiger partial charge in [-0.05, 0) is 31.9 Å². The quantitative estimate of drug-likeness (QED) is 0.795. The van der Waals surface area contributed by atoms with Crippen molar-refractivity contribution in [3.63, 3.8) is 0 Å². The number of aromatic nitrogens is 1. The van der Waals surface area contributed by atoms with Gasteiger partial charge in [0.05, 0.1) is 7.11 Å². The molecule has 0 radical (unpaired) electrons. The van der Waals surface area contributed by atoms with Crippen LogP contribution < -0.4 is 10.1 Å². The molecule has 1 aromatic rings. The van der Waals surface area contributed by atoms with Crippen LogP contribution in [0, 0.1) is 5.92 Å². The molecule has 0 spiro atoms. The number of nitrogens with one attached hydrogen (secondary N) is 1. The fraction of sp³-hybridized carbons (Fsp3) is 0.583. The minimum absolute atomic E-state index is 0.574. The van der Waals surface area contributed by atoms with E-state index in [1.54, 1.807) is 7.11 Å². The lowest BCUT2D eigenvalue weighted by Gasteiger charge is -2.14. The van der Waals surface area contributed by atoms with Crippen molar-refractivity contribution >= 4 is 0 Å². The van der Waals surface area contributed by atoms with Crippen molar-refractivity contribution < 1.29 is 4.74 Å². The van der Waals surface area contributed by atoms with Crippen LogP contribution in [0.4, 0.5) is 0 Å². The molecule has 1 aromatic heterocycles. The average molecular weight is 206 g/mol. The van der Waals surface area contributed by atoms with Crippen molar-refractivity contribution in [3.8, 4) is 5.88 Å². The van der Waals surface area contributed by atoms with E-state index in [4.69, 9.17) is 4.74 Å². The Balaban J connectivity index is 2.01. The first kappa shape index (κ1) is 10.4. The molecule has 82 valence electrons. The molecule has 1 heterocycles. The van der Waals surface area contributed by atoms with Gasteiger partial charge < -0.3 is 10.1 Å². The van der Waals surface area contributed by atoms with Crippen molar-refractivity contribution in [1.29, 1.82) is 0 Å². The Bertz CT molecular complexity index is 323. The maximum Gasteiger partial charge on any atom is 0.213 e. The molecule has 1 aliphatic rings. The van der Waals surface area contributed by atoms with Crippen molar-refractivity contribution in [1.82, 2.24) is 10.3 Å². The normalized spacial score (nSPS) is 17.5. The van der Waals surface area contributed by atoms with E-state index in [1.807, 2.05) is 19.2 Å². The van der Waals surface area contributed by atoms with Crippen LogP contribution >= 0.6 is 0 Å². The predicted octanol–water partition coefficient (Wildman–Crippen LogP) is 1.63. The number of rotatable bonds is 5. The first-order chi connectivity index (χ1) is 7.33. The summed E-state index contributed by atoms with van der Waals surface area (Å²) < 4.78 is 5.11. The Morgan fingerprint density at radius 1 is 1.53 bits per heavy atom. The fourth-order valence-electron chi connectivity index (χ4n) is 1.91. The smallest absolute Gasteiger partial charge is 0.213 e. The van der Waals surface area contributed by atoms with Crippen molar-refractivity contribution in [3.05, 3.63) is 23.9 Å². The van der Waals surface area contributed by atoms with Gasteiger partial charge in [0, 0.05) is 24.2 Å². The van der Waals surface area contributed by atoms with Gasteiger partial charge in [0.2, 0.25) is 5.88 Å². The lowest BCUT2D eigenvalue weighted by atomic mass is 10.1. The summed E-state index contributed by atoms with van der Waals surface area (Å²) in [7, 11) is 3.69. The highest BCUT2D eigenvalue weighted by molar-refractivity contribution is 5.16. The van der Waals surface area contributed by atoms with E-state index < -0.39 is 0 Å². The summed E-state index contributed by atoms with van der Waals surface area (Å²) in [5, 5.41) is 3.37. The summed E-state index contributed by atoms with van der Waals surface area (Å²) in [5.41, 5.74) is 1.11. The minimum atomic E-state index is 0.574. The lowest BCUT2D eigenvalue weighted by Crippen LogP contribution is -2.29. The minimum Gasteiger partial charge on any atom is -0.481 e. The predicted molar refractivity (Wildman–Crippen MR) is 60.1 cm³/mol. The summed E-state index contributed by atoms with van der Waals surface area (Å²) in [6, 6.07) is 6.52. The van der Waals surface area contributed by atoms with Gasteiger partial charge in [-0.1, -0.05) is 6.07 Å². The van der Waals surface area contributed by atoms with Gasteiger partial charge >= 0.3 is 0 Å².